The first-order valence-corrected chi connectivity index (χ1v) is 3.78. The summed E-state index contributed by atoms with van der Waals surface area (Å²) < 4.78 is 1.60. The standard InChI is InChI=1S/C8H8N4O/c1-12-6-4-2-3-5(8(9)13)7(6)10-11-12/h2-4H,1H3,(H2,9,13). The third-order valence-corrected chi connectivity index (χ3v) is 1.91. The van der Waals surface area contributed by atoms with Crippen LogP contribution >= 0.6 is 0 Å². The molecule has 1 heterocycles. The van der Waals surface area contributed by atoms with Gasteiger partial charge in [0.2, 0.25) is 0 Å². The van der Waals surface area contributed by atoms with Crippen LogP contribution in [0.25, 0.3) is 11.0 Å². The Labute approximate surface area is 74.1 Å². The number of aromatic nitrogens is 3. The summed E-state index contributed by atoms with van der Waals surface area (Å²) in [6.07, 6.45) is 0. The Morgan fingerprint density at radius 2 is 2.31 bits per heavy atom. The van der Waals surface area contributed by atoms with Crippen molar-refractivity contribution in [2.45, 2.75) is 0 Å². The van der Waals surface area contributed by atoms with Gasteiger partial charge in [0.05, 0.1) is 11.1 Å². The molecule has 0 aliphatic heterocycles. The van der Waals surface area contributed by atoms with Gasteiger partial charge in [-0.3, -0.25) is 4.79 Å². The molecule has 2 rings (SSSR count). The molecule has 1 amide bonds. The second-order valence-corrected chi connectivity index (χ2v) is 2.75. The summed E-state index contributed by atoms with van der Waals surface area (Å²) in [5.41, 5.74) is 6.94. The van der Waals surface area contributed by atoms with Gasteiger partial charge in [-0.1, -0.05) is 11.3 Å². The van der Waals surface area contributed by atoms with E-state index in [0.717, 1.165) is 5.52 Å². The number of carbonyl (C=O) groups is 1. The van der Waals surface area contributed by atoms with Crippen molar-refractivity contribution >= 4 is 16.9 Å². The first-order valence-electron chi connectivity index (χ1n) is 3.78. The van der Waals surface area contributed by atoms with Gasteiger partial charge >= 0.3 is 0 Å². The van der Waals surface area contributed by atoms with E-state index in [-0.39, 0.29) is 0 Å². The molecule has 0 aliphatic rings. The minimum Gasteiger partial charge on any atom is -0.366 e. The van der Waals surface area contributed by atoms with Gasteiger partial charge in [0.25, 0.3) is 5.91 Å². The fourth-order valence-corrected chi connectivity index (χ4v) is 1.26. The summed E-state index contributed by atoms with van der Waals surface area (Å²) >= 11 is 0. The second-order valence-electron chi connectivity index (χ2n) is 2.75. The molecule has 1 aromatic heterocycles. The lowest BCUT2D eigenvalue weighted by Crippen LogP contribution is -2.11. The van der Waals surface area contributed by atoms with Crippen LogP contribution in [-0.2, 0) is 7.05 Å². The zero-order valence-corrected chi connectivity index (χ0v) is 7.06. The van der Waals surface area contributed by atoms with Crippen LogP contribution in [0.3, 0.4) is 0 Å². The van der Waals surface area contributed by atoms with Crippen molar-refractivity contribution in [3.8, 4) is 0 Å². The molecule has 2 N–H and O–H groups in total. The van der Waals surface area contributed by atoms with Gasteiger partial charge in [0.1, 0.15) is 5.52 Å². The lowest BCUT2D eigenvalue weighted by atomic mass is 10.2. The van der Waals surface area contributed by atoms with Crippen molar-refractivity contribution in [3.63, 3.8) is 0 Å². The van der Waals surface area contributed by atoms with Crippen LogP contribution in [0.2, 0.25) is 0 Å². The zero-order valence-electron chi connectivity index (χ0n) is 7.06. The Morgan fingerprint density at radius 1 is 1.54 bits per heavy atom. The van der Waals surface area contributed by atoms with E-state index in [9.17, 15) is 4.79 Å². The van der Waals surface area contributed by atoms with E-state index in [0.29, 0.717) is 11.1 Å². The number of nitrogens with zero attached hydrogens (tertiary/aromatic N) is 3. The first kappa shape index (κ1) is 7.72. The first-order chi connectivity index (χ1) is 6.20. The Morgan fingerprint density at radius 3 is 3.00 bits per heavy atom. The molecule has 2 aromatic rings. The molecule has 0 fully saturated rings. The average molecular weight is 176 g/mol. The van der Waals surface area contributed by atoms with E-state index >= 15 is 0 Å². The molecule has 0 aliphatic carbocycles. The van der Waals surface area contributed by atoms with Gasteiger partial charge in [-0.15, -0.1) is 5.10 Å². The molecule has 5 nitrogen and oxygen atoms in total. The Balaban J connectivity index is 2.84. The topological polar surface area (TPSA) is 73.8 Å². The highest BCUT2D eigenvalue weighted by molar-refractivity contribution is 6.03. The van der Waals surface area contributed by atoms with Crippen LogP contribution < -0.4 is 5.73 Å². The normalized spacial score (nSPS) is 10.5. The fourth-order valence-electron chi connectivity index (χ4n) is 1.26. The summed E-state index contributed by atoms with van der Waals surface area (Å²) in [5.74, 6) is -0.480. The van der Waals surface area contributed by atoms with E-state index in [4.69, 9.17) is 5.73 Å². The minimum absolute atomic E-state index is 0.408. The van der Waals surface area contributed by atoms with Gasteiger partial charge < -0.3 is 5.73 Å². The summed E-state index contributed by atoms with van der Waals surface area (Å²) in [6.45, 7) is 0. The van der Waals surface area contributed by atoms with Gasteiger partial charge in [0, 0.05) is 7.05 Å². The highest BCUT2D eigenvalue weighted by Gasteiger charge is 2.09. The number of nitrogens with two attached hydrogens (primary N) is 1. The van der Waals surface area contributed by atoms with E-state index in [1.54, 1.807) is 23.9 Å². The number of fused-ring (bicyclic) bond motifs is 1. The predicted molar refractivity (Wildman–Crippen MR) is 47.0 cm³/mol. The quantitative estimate of drug-likeness (QED) is 0.668. The zero-order chi connectivity index (χ0) is 9.42. The average Bonchev–Trinajstić information content (AvgIpc) is 2.48. The number of aryl methyl sites for hydroxylation is 1. The summed E-state index contributed by atoms with van der Waals surface area (Å²) in [4.78, 5) is 11.0. The number of hydrogen-bond acceptors (Lipinski definition) is 3. The molecule has 0 atom stereocenters. The molecule has 66 valence electrons. The SMILES string of the molecule is Cn1nnc2c(C(N)=O)cccc21. The van der Waals surface area contributed by atoms with Gasteiger partial charge in [-0.2, -0.15) is 0 Å². The summed E-state index contributed by atoms with van der Waals surface area (Å²) in [7, 11) is 1.76. The Kier molecular flexibility index (Phi) is 1.51. The maximum absolute atomic E-state index is 11.0. The number of carbonyl (C=O) groups excluding carboxylic acids is 1. The highest BCUT2D eigenvalue weighted by atomic mass is 16.1. The molecule has 0 saturated heterocycles. The van der Waals surface area contributed by atoms with Gasteiger partial charge in [-0.25, -0.2) is 4.68 Å². The van der Waals surface area contributed by atoms with Crippen LogP contribution in [0.4, 0.5) is 0 Å². The van der Waals surface area contributed by atoms with E-state index in [1.807, 2.05) is 6.07 Å². The summed E-state index contributed by atoms with van der Waals surface area (Å²) in [6, 6.07) is 5.23. The van der Waals surface area contributed by atoms with E-state index < -0.39 is 5.91 Å². The van der Waals surface area contributed by atoms with Crippen molar-refractivity contribution in [2.75, 3.05) is 0 Å². The number of rotatable bonds is 1. The van der Waals surface area contributed by atoms with Gasteiger partial charge in [-0.05, 0) is 12.1 Å². The molecule has 1 aromatic carbocycles. The van der Waals surface area contributed by atoms with Crippen LogP contribution in [0.1, 0.15) is 10.4 Å². The molecule has 0 saturated carbocycles. The Bertz CT molecular complexity index is 474. The lowest BCUT2D eigenvalue weighted by molar-refractivity contribution is 0.100. The second kappa shape index (κ2) is 2.55. The van der Waals surface area contributed by atoms with Crippen molar-refractivity contribution in [3.05, 3.63) is 23.8 Å². The van der Waals surface area contributed by atoms with Crippen LogP contribution in [0.15, 0.2) is 18.2 Å². The number of hydrogen-bond donors (Lipinski definition) is 1. The molecular formula is C8H8N4O. The highest BCUT2D eigenvalue weighted by Crippen LogP contribution is 2.14. The lowest BCUT2D eigenvalue weighted by Gasteiger charge is -1.95. The number of primary amides is 1. The maximum atomic E-state index is 11.0. The summed E-state index contributed by atoms with van der Waals surface area (Å²) in [5, 5.41) is 7.65. The predicted octanol–water partition coefficient (Wildman–Crippen LogP) is 0.0672. The molecule has 0 radical (unpaired) electrons. The van der Waals surface area contributed by atoms with Crippen molar-refractivity contribution < 1.29 is 4.79 Å². The third-order valence-electron chi connectivity index (χ3n) is 1.91. The monoisotopic (exact) mass is 176 g/mol. The third kappa shape index (κ3) is 1.05. The van der Waals surface area contributed by atoms with Crippen LogP contribution in [0, 0.1) is 0 Å². The number of amides is 1. The van der Waals surface area contributed by atoms with Crippen molar-refractivity contribution in [1.82, 2.24) is 15.0 Å². The Hall–Kier alpha value is -1.91. The van der Waals surface area contributed by atoms with Crippen molar-refractivity contribution in [1.29, 1.82) is 0 Å². The van der Waals surface area contributed by atoms with E-state index in [2.05, 4.69) is 10.3 Å². The number of benzene rings is 1. The molecular weight excluding hydrogens is 168 g/mol. The largest absolute Gasteiger partial charge is 0.366 e. The fraction of sp³-hybridized carbons (Fsp3) is 0.125. The van der Waals surface area contributed by atoms with Crippen LogP contribution in [-0.4, -0.2) is 20.9 Å². The molecule has 0 unspecified atom stereocenters. The maximum Gasteiger partial charge on any atom is 0.251 e. The molecule has 5 heteroatoms. The van der Waals surface area contributed by atoms with E-state index in [1.165, 1.54) is 0 Å². The smallest absolute Gasteiger partial charge is 0.251 e. The van der Waals surface area contributed by atoms with Gasteiger partial charge in [0.15, 0.2) is 0 Å². The molecule has 0 bridgehead atoms. The molecule has 13 heavy (non-hydrogen) atoms. The minimum atomic E-state index is -0.480. The van der Waals surface area contributed by atoms with Crippen molar-refractivity contribution in [2.24, 2.45) is 12.8 Å². The molecule has 0 spiro atoms. The van der Waals surface area contributed by atoms with Crippen LogP contribution in [0.5, 0.6) is 0 Å².